The van der Waals surface area contributed by atoms with Gasteiger partial charge in [0.25, 0.3) is 0 Å². The van der Waals surface area contributed by atoms with Crippen molar-refractivity contribution in [2.24, 2.45) is 0 Å². The lowest BCUT2D eigenvalue weighted by Crippen LogP contribution is -2.17. The van der Waals surface area contributed by atoms with E-state index in [-0.39, 0.29) is 12.2 Å². The summed E-state index contributed by atoms with van der Waals surface area (Å²) in [7, 11) is -1.52. The van der Waals surface area contributed by atoms with Crippen LogP contribution in [0, 0.1) is 11.5 Å². The lowest BCUT2D eigenvalue weighted by molar-refractivity contribution is -0.144. The van der Waals surface area contributed by atoms with Gasteiger partial charge in [0, 0.05) is 0 Å². The van der Waals surface area contributed by atoms with Crippen molar-refractivity contribution < 1.29 is 14.3 Å². The molecule has 0 N–H and O–H groups in total. The second kappa shape index (κ2) is 5.61. The van der Waals surface area contributed by atoms with Gasteiger partial charge in [-0.3, -0.25) is 9.59 Å². The van der Waals surface area contributed by atoms with E-state index in [4.69, 9.17) is 0 Å². The van der Waals surface area contributed by atoms with Crippen molar-refractivity contribution in [2.75, 3.05) is 6.61 Å². The maximum atomic E-state index is 11.1. The van der Waals surface area contributed by atoms with Crippen molar-refractivity contribution in [3.63, 3.8) is 0 Å². The molecule has 0 heterocycles. The minimum Gasteiger partial charge on any atom is -0.466 e. The highest BCUT2D eigenvalue weighted by molar-refractivity contribution is 6.84. The second-order valence-corrected chi connectivity index (χ2v) is 8.65. The normalized spacial score (nSPS) is 10.0. The molecule has 0 saturated heterocycles. The third-order valence-electron chi connectivity index (χ3n) is 1.19. The summed E-state index contributed by atoms with van der Waals surface area (Å²) in [5.41, 5.74) is 2.90. The fraction of sp³-hybridized carbons (Fsp3) is 0.600. The summed E-state index contributed by atoms with van der Waals surface area (Å²) in [6.07, 6.45) is -0.231. The molecule has 0 unspecified atom stereocenters. The van der Waals surface area contributed by atoms with Crippen LogP contribution in [0.1, 0.15) is 13.3 Å². The number of ether oxygens (including phenoxy) is 1. The van der Waals surface area contributed by atoms with Crippen molar-refractivity contribution in [3.8, 4) is 11.5 Å². The fourth-order valence-corrected chi connectivity index (χ4v) is 1.16. The zero-order chi connectivity index (χ0) is 11.2. The van der Waals surface area contributed by atoms with Crippen LogP contribution in [-0.4, -0.2) is 26.4 Å². The molecule has 0 amide bonds. The van der Waals surface area contributed by atoms with E-state index >= 15 is 0 Å². The average molecular weight is 212 g/mol. The first-order chi connectivity index (χ1) is 6.35. The van der Waals surface area contributed by atoms with Gasteiger partial charge in [-0.05, 0) is 12.8 Å². The number of Topliss-reactive ketones (excluding diaryl/α,β-unsaturated/α-hetero) is 1. The van der Waals surface area contributed by atoms with Crippen LogP contribution in [0.5, 0.6) is 0 Å². The van der Waals surface area contributed by atoms with Crippen molar-refractivity contribution in [2.45, 2.75) is 33.0 Å². The van der Waals surface area contributed by atoms with Gasteiger partial charge in [-0.1, -0.05) is 19.6 Å². The first kappa shape index (κ1) is 12.9. The summed E-state index contributed by atoms with van der Waals surface area (Å²) in [4.78, 5) is 22.0. The Morgan fingerprint density at radius 1 is 1.29 bits per heavy atom. The van der Waals surface area contributed by atoms with Gasteiger partial charge in [0.2, 0.25) is 5.78 Å². The van der Waals surface area contributed by atoms with Crippen LogP contribution in [0.4, 0.5) is 0 Å². The van der Waals surface area contributed by atoms with E-state index in [2.05, 4.69) is 16.2 Å². The molecule has 0 saturated carbocycles. The molecular weight excluding hydrogens is 196 g/mol. The monoisotopic (exact) mass is 212 g/mol. The molecule has 0 fully saturated rings. The number of hydrogen-bond acceptors (Lipinski definition) is 3. The highest BCUT2D eigenvalue weighted by Crippen LogP contribution is 1.96. The second-order valence-electron chi connectivity index (χ2n) is 3.90. The molecule has 0 aromatic rings. The average Bonchev–Trinajstić information content (AvgIpc) is 2.00. The highest BCUT2D eigenvalue weighted by atomic mass is 28.3. The zero-order valence-electron chi connectivity index (χ0n) is 9.14. The van der Waals surface area contributed by atoms with Gasteiger partial charge >= 0.3 is 5.97 Å². The zero-order valence-corrected chi connectivity index (χ0v) is 10.1. The Kier molecular flexibility index (Phi) is 5.17. The van der Waals surface area contributed by atoms with E-state index < -0.39 is 14.0 Å². The predicted octanol–water partition coefficient (Wildman–Crippen LogP) is 1.39. The number of esters is 1. The van der Waals surface area contributed by atoms with Crippen molar-refractivity contribution in [1.29, 1.82) is 0 Å². The Bertz CT molecular complexity index is 278. The topological polar surface area (TPSA) is 43.4 Å². The molecule has 0 bridgehead atoms. The van der Waals surface area contributed by atoms with E-state index in [1.807, 2.05) is 19.6 Å². The molecule has 4 heteroatoms. The van der Waals surface area contributed by atoms with Crippen LogP contribution in [-0.2, 0) is 14.3 Å². The van der Waals surface area contributed by atoms with E-state index in [1.54, 1.807) is 6.92 Å². The first-order valence-electron chi connectivity index (χ1n) is 4.57. The lowest BCUT2D eigenvalue weighted by atomic mass is 10.3. The SMILES string of the molecule is CCOC(=O)CC(=O)C#C[Si](C)(C)C. The molecule has 0 rings (SSSR count). The van der Waals surface area contributed by atoms with Gasteiger partial charge < -0.3 is 4.74 Å². The summed E-state index contributed by atoms with van der Waals surface area (Å²) < 4.78 is 4.63. The standard InChI is InChI=1S/C10H16O3Si/c1-5-13-10(12)8-9(11)6-7-14(2,3)4/h5,8H2,1-4H3. The van der Waals surface area contributed by atoms with Crippen LogP contribution >= 0.6 is 0 Å². The Labute approximate surface area is 85.8 Å². The van der Waals surface area contributed by atoms with Gasteiger partial charge in [0.1, 0.15) is 14.5 Å². The van der Waals surface area contributed by atoms with Gasteiger partial charge in [0.05, 0.1) is 6.61 Å². The fourth-order valence-electron chi connectivity index (χ4n) is 0.645. The summed E-state index contributed by atoms with van der Waals surface area (Å²) in [5.74, 6) is 1.63. The minimum atomic E-state index is -1.52. The van der Waals surface area contributed by atoms with E-state index in [9.17, 15) is 9.59 Å². The number of rotatable bonds is 3. The Hall–Kier alpha value is -1.08. The van der Waals surface area contributed by atoms with Crippen LogP contribution in [0.3, 0.4) is 0 Å². The summed E-state index contributed by atoms with van der Waals surface area (Å²) >= 11 is 0. The number of carbonyl (C=O) groups excluding carboxylic acids is 2. The summed E-state index contributed by atoms with van der Waals surface area (Å²) in [6.45, 7) is 8.12. The molecule has 0 atom stereocenters. The Morgan fingerprint density at radius 3 is 2.29 bits per heavy atom. The minimum absolute atomic E-state index is 0.231. The number of ketones is 1. The van der Waals surface area contributed by atoms with Crippen molar-refractivity contribution in [1.82, 2.24) is 0 Å². The van der Waals surface area contributed by atoms with E-state index in [1.165, 1.54) is 0 Å². The van der Waals surface area contributed by atoms with Gasteiger partial charge in [-0.2, -0.15) is 0 Å². The van der Waals surface area contributed by atoms with Crippen molar-refractivity contribution >= 4 is 19.8 Å². The number of hydrogen-bond donors (Lipinski definition) is 0. The van der Waals surface area contributed by atoms with Gasteiger partial charge in [-0.25, -0.2) is 0 Å². The summed E-state index contributed by atoms with van der Waals surface area (Å²) in [6, 6.07) is 0. The lowest BCUT2D eigenvalue weighted by Gasteiger charge is -2.02. The first-order valence-corrected chi connectivity index (χ1v) is 8.07. The Balaban J connectivity index is 4.09. The molecule has 78 valence electrons. The highest BCUT2D eigenvalue weighted by Gasteiger charge is 2.10. The van der Waals surface area contributed by atoms with Crippen LogP contribution < -0.4 is 0 Å². The maximum absolute atomic E-state index is 11.1. The van der Waals surface area contributed by atoms with E-state index in [0.717, 1.165) is 0 Å². The van der Waals surface area contributed by atoms with Crippen molar-refractivity contribution in [3.05, 3.63) is 0 Å². The molecule has 3 nitrogen and oxygen atoms in total. The smallest absolute Gasteiger partial charge is 0.314 e. The summed E-state index contributed by atoms with van der Waals surface area (Å²) in [5, 5.41) is 0. The van der Waals surface area contributed by atoms with Crippen LogP contribution in [0.25, 0.3) is 0 Å². The van der Waals surface area contributed by atoms with Crippen LogP contribution in [0.15, 0.2) is 0 Å². The maximum Gasteiger partial charge on any atom is 0.314 e. The molecule has 0 aromatic carbocycles. The molecule has 0 radical (unpaired) electrons. The molecule has 0 aromatic heterocycles. The molecule has 0 aliphatic rings. The molecule has 0 aliphatic heterocycles. The molecule has 0 aliphatic carbocycles. The van der Waals surface area contributed by atoms with Gasteiger partial charge in [-0.15, -0.1) is 5.54 Å². The quantitative estimate of drug-likeness (QED) is 0.307. The largest absolute Gasteiger partial charge is 0.466 e. The van der Waals surface area contributed by atoms with Crippen LogP contribution in [0.2, 0.25) is 19.6 Å². The van der Waals surface area contributed by atoms with E-state index in [0.29, 0.717) is 6.61 Å². The van der Waals surface area contributed by atoms with Gasteiger partial charge in [0.15, 0.2) is 0 Å². The molecule has 0 spiro atoms. The predicted molar refractivity (Wildman–Crippen MR) is 57.4 cm³/mol. The Morgan fingerprint density at radius 2 is 1.86 bits per heavy atom. The third-order valence-corrected chi connectivity index (χ3v) is 2.06. The molecule has 14 heavy (non-hydrogen) atoms. The third kappa shape index (κ3) is 7.56. The molecular formula is C10H16O3Si. The number of carbonyl (C=O) groups is 2.